The number of carbonyl (C=O) groups is 1. The minimum absolute atomic E-state index is 0. The summed E-state index contributed by atoms with van der Waals surface area (Å²) in [6.07, 6.45) is 2.67. The molecule has 0 aliphatic heterocycles. The molecule has 0 unspecified atom stereocenters. The summed E-state index contributed by atoms with van der Waals surface area (Å²) in [5, 5.41) is 20.3. The maximum atomic E-state index is 12.0. The summed E-state index contributed by atoms with van der Waals surface area (Å²) < 4.78 is 6.93. The van der Waals surface area contributed by atoms with Crippen LogP contribution in [0.4, 0.5) is 0 Å². The molecule has 126 valence electrons. The maximum absolute atomic E-state index is 12.0. The summed E-state index contributed by atoms with van der Waals surface area (Å²) in [5.74, 6) is 0.571. The fraction of sp³-hybridized carbons (Fsp3) is 0.769. The number of rotatable bonds is 7. The predicted molar refractivity (Wildman–Crippen MR) is 82.6 cm³/mol. The molecule has 2 rings (SSSR count). The van der Waals surface area contributed by atoms with E-state index >= 15 is 0 Å². The van der Waals surface area contributed by atoms with Gasteiger partial charge in [0.15, 0.2) is 0 Å². The molecule has 8 nitrogen and oxygen atoms in total. The highest BCUT2D eigenvalue weighted by Gasteiger charge is 2.34. The summed E-state index contributed by atoms with van der Waals surface area (Å²) in [6.45, 7) is 1.78. The number of aliphatic hydroxyl groups is 1. The van der Waals surface area contributed by atoms with Gasteiger partial charge in [0.1, 0.15) is 12.2 Å². The molecule has 4 N–H and O–H groups in total. The average Bonchev–Trinajstić information content (AvgIpc) is 3.04. The highest BCUT2D eigenvalue weighted by atomic mass is 35.5. The lowest BCUT2D eigenvalue weighted by molar-refractivity contribution is -0.125. The van der Waals surface area contributed by atoms with Gasteiger partial charge in [-0.1, -0.05) is 0 Å². The molecule has 1 aromatic rings. The lowest BCUT2D eigenvalue weighted by Crippen LogP contribution is -2.32. The summed E-state index contributed by atoms with van der Waals surface area (Å²) >= 11 is 0. The van der Waals surface area contributed by atoms with E-state index in [1.807, 2.05) is 4.57 Å². The number of halogens is 1. The molecule has 1 fully saturated rings. The topological polar surface area (TPSA) is 115 Å². The quantitative estimate of drug-likeness (QED) is 0.596. The molecule has 22 heavy (non-hydrogen) atoms. The van der Waals surface area contributed by atoms with Gasteiger partial charge in [0, 0.05) is 38.6 Å². The van der Waals surface area contributed by atoms with Crippen molar-refractivity contribution < 1.29 is 14.6 Å². The van der Waals surface area contributed by atoms with Crippen LogP contribution in [0.25, 0.3) is 0 Å². The number of ether oxygens (including phenoxy) is 1. The number of hydrogen-bond acceptors (Lipinski definition) is 6. The third kappa shape index (κ3) is 4.91. The van der Waals surface area contributed by atoms with Crippen LogP contribution in [0.5, 0.6) is 0 Å². The lowest BCUT2D eigenvalue weighted by Gasteiger charge is -2.10. The zero-order valence-corrected chi connectivity index (χ0v) is 13.5. The molecule has 1 aliphatic rings. The van der Waals surface area contributed by atoms with Crippen molar-refractivity contribution in [3.05, 3.63) is 12.2 Å². The zero-order chi connectivity index (χ0) is 15.2. The molecule has 3 atom stereocenters. The van der Waals surface area contributed by atoms with Crippen molar-refractivity contribution in [2.75, 3.05) is 20.3 Å². The van der Waals surface area contributed by atoms with Gasteiger partial charge in [0.25, 0.3) is 0 Å². The second kappa shape index (κ2) is 9.04. The van der Waals surface area contributed by atoms with Crippen molar-refractivity contribution >= 4 is 18.3 Å². The summed E-state index contributed by atoms with van der Waals surface area (Å²) in [6, 6.07) is -0.294. The van der Waals surface area contributed by atoms with E-state index in [2.05, 4.69) is 15.5 Å². The zero-order valence-electron chi connectivity index (χ0n) is 12.6. The Morgan fingerprint density at radius 2 is 2.36 bits per heavy atom. The van der Waals surface area contributed by atoms with Gasteiger partial charge < -0.3 is 25.5 Å². The largest absolute Gasteiger partial charge is 0.391 e. The lowest BCUT2D eigenvalue weighted by atomic mass is 10.1. The van der Waals surface area contributed by atoms with E-state index in [-0.39, 0.29) is 30.3 Å². The Morgan fingerprint density at radius 3 is 3.00 bits per heavy atom. The number of nitrogens with one attached hydrogen (secondary N) is 1. The van der Waals surface area contributed by atoms with E-state index in [1.54, 1.807) is 13.4 Å². The third-order valence-electron chi connectivity index (χ3n) is 3.83. The number of carbonyl (C=O) groups excluding carboxylic acids is 1. The van der Waals surface area contributed by atoms with Crippen LogP contribution in [0.15, 0.2) is 6.33 Å². The van der Waals surface area contributed by atoms with Crippen LogP contribution in [0, 0.1) is 5.92 Å². The normalized spacial score (nSPS) is 24.0. The Labute approximate surface area is 135 Å². The van der Waals surface area contributed by atoms with Crippen LogP contribution in [-0.4, -0.2) is 58.2 Å². The fourth-order valence-corrected chi connectivity index (χ4v) is 2.55. The molecular formula is C13H24ClN5O3. The first-order valence-corrected chi connectivity index (χ1v) is 7.18. The molecule has 1 aliphatic carbocycles. The molecule has 1 saturated carbocycles. The van der Waals surface area contributed by atoms with Gasteiger partial charge >= 0.3 is 0 Å². The van der Waals surface area contributed by atoms with Crippen LogP contribution < -0.4 is 11.1 Å². The maximum Gasteiger partial charge on any atom is 0.223 e. The van der Waals surface area contributed by atoms with Gasteiger partial charge in [0.05, 0.1) is 12.7 Å². The molecule has 0 bridgehead atoms. The fourth-order valence-electron chi connectivity index (χ4n) is 2.55. The first-order chi connectivity index (χ1) is 10.1. The standard InChI is InChI=1S/C13H23N5O3.ClH/c1-21-5-4-18-8-16-17-12(18)2-3-15-13(20)9-6-10(14)11(19)7-9;/h8-11,19H,2-7,14H2,1H3,(H,15,20);1H/t9-,10-,11-;/m0./s1. The summed E-state index contributed by atoms with van der Waals surface area (Å²) in [7, 11) is 1.64. The van der Waals surface area contributed by atoms with Gasteiger partial charge in [0.2, 0.25) is 5.91 Å². The van der Waals surface area contributed by atoms with Crippen LogP contribution in [0.1, 0.15) is 18.7 Å². The van der Waals surface area contributed by atoms with Crippen LogP contribution in [0.2, 0.25) is 0 Å². The minimum Gasteiger partial charge on any atom is -0.391 e. The number of nitrogens with zero attached hydrogens (tertiary/aromatic N) is 3. The smallest absolute Gasteiger partial charge is 0.223 e. The van der Waals surface area contributed by atoms with Gasteiger partial charge in [-0.3, -0.25) is 4.79 Å². The van der Waals surface area contributed by atoms with Crippen LogP contribution in [0.3, 0.4) is 0 Å². The number of amides is 1. The van der Waals surface area contributed by atoms with E-state index in [0.29, 0.717) is 39.0 Å². The highest BCUT2D eigenvalue weighted by Crippen LogP contribution is 2.24. The van der Waals surface area contributed by atoms with E-state index in [9.17, 15) is 9.90 Å². The number of aliphatic hydroxyl groups excluding tert-OH is 1. The second-order valence-electron chi connectivity index (χ2n) is 5.37. The Kier molecular flexibility index (Phi) is 7.74. The van der Waals surface area contributed by atoms with Crippen LogP contribution >= 0.6 is 12.4 Å². The van der Waals surface area contributed by atoms with Crippen molar-refractivity contribution in [3.8, 4) is 0 Å². The molecule has 0 radical (unpaired) electrons. The first kappa shape index (κ1) is 18.8. The van der Waals surface area contributed by atoms with Crippen molar-refractivity contribution in [1.29, 1.82) is 0 Å². The van der Waals surface area contributed by atoms with Crippen molar-refractivity contribution in [2.24, 2.45) is 11.7 Å². The van der Waals surface area contributed by atoms with Gasteiger partial charge in [-0.25, -0.2) is 0 Å². The number of nitrogens with two attached hydrogens (primary N) is 1. The molecule has 0 aromatic carbocycles. The molecule has 9 heteroatoms. The molecule has 1 aromatic heterocycles. The van der Waals surface area contributed by atoms with Gasteiger partial charge in [-0.15, -0.1) is 22.6 Å². The molecular weight excluding hydrogens is 310 g/mol. The Balaban J connectivity index is 0.00000242. The number of hydrogen-bond donors (Lipinski definition) is 3. The number of aromatic nitrogens is 3. The predicted octanol–water partition coefficient (Wildman–Crippen LogP) is -0.897. The molecule has 1 heterocycles. The monoisotopic (exact) mass is 333 g/mol. The van der Waals surface area contributed by atoms with Gasteiger partial charge in [-0.2, -0.15) is 0 Å². The minimum atomic E-state index is -0.571. The number of methoxy groups -OCH3 is 1. The molecule has 1 amide bonds. The summed E-state index contributed by atoms with van der Waals surface area (Å²) in [4.78, 5) is 12.0. The highest BCUT2D eigenvalue weighted by molar-refractivity contribution is 5.85. The average molecular weight is 334 g/mol. The third-order valence-corrected chi connectivity index (χ3v) is 3.83. The van der Waals surface area contributed by atoms with Gasteiger partial charge in [-0.05, 0) is 12.8 Å². The Hall–Kier alpha value is -1.22. The molecule has 0 saturated heterocycles. The van der Waals surface area contributed by atoms with Crippen LogP contribution in [-0.2, 0) is 22.5 Å². The van der Waals surface area contributed by atoms with Crippen molar-refractivity contribution in [1.82, 2.24) is 20.1 Å². The Morgan fingerprint density at radius 1 is 1.59 bits per heavy atom. The van der Waals surface area contributed by atoms with Crippen molar-refractivity contribution in [3.63, 3.8) is 0 Å². The molecule has 0 spiro atoms. The SMILES string of the molecule is COCCn1cnnc1CCNC(=O)[C@H]1C[C@H](N)[C@@H](O)C1.Cl. The van der Waals surface area contributed by atoms with E-state index in [0.717, 1.165) is 5.82 Å². The van der Waals surface area contributed by atoms with E-state index < -0.39 is 6.10 Å². The first-order valence-electron chi connectivity index (χ1n) is 7.18. The Bertz CT molecular complexity index is 460. The van der Waals surface area contributed by atoms with E-state index in [1.165, 1.54) is 0 Å². The van der Waals surface area contributed by atoms with E-state index in [4.69, 9.17) is 10.5 Å². The summed E-state index contributed by atoms with van der Waals surface area (Å²) in [5.41, 5.74) is 5.72. The second-order valence-corrected chi connectivity index (χ2v) is 5.37. The van der Waals surface area contributed by atoms with Crippen molar-refractivity contribution in [2.45, 2.75) is 38.0 Å².